The number of ether oxygens (including phenoxy) is 1. The Bertz CT molecular complexity index is 369. The number of aryl methyl sites for hydroxylation is 2. The zero-order valence-electron chi connectivity index (χ0n) is 11.1. The van der Waals surface area contributed by atoms with E-state index in [0.29, 0.717) is 6.10 Å². The van der Waals surface area contributed by atoms with E-state index in [1.54, 1.807) is 0 Å². The average molecular weight is 233 g/mol. The number of rotatable bonds is 3. The van der Waals surface area contributed by atoms with Crippen LogP contribution in [0, 0.1) is 13.8 Å². The summed E-state index contributed by atoms with van der Waals surface area (Å²) in [5.74, 6) is 0. The Morgan fingerprint density at radius 1 is 1.24 bits per heavy atom. The van der Waals surface area contributed by atoms with Gasteiger partial charge in [0.2, 0.25) is 0 Å². The van der Waals surface area contributed by atoms with Crippen LogP contribution in [-0.2, 0) is 4.74 Å². The van der Waals surface area contributed by atoms with Gasteiger partial charge in [0.25, 0.3) is 0 Å². The molecule has 1 N–H and O–H groups in total. The molecular weight excluding hydrogens is 210 g/mol. The highest BCUT2D eigenvalue weighted by atomic mass is 16.5. The van der Waals surface area contributed by atoms with Crippen molar-refractivity contribution >= 4 is 0 Å². The van der Waals surface area contributed by atoms with Gasteiger partial charge in [-0.2, -0.15) is 0 Å². The number of piperidine rings is 1. The van der Waals surface area contributed by atoms with Gasteiger partial charge in [-0.05, 0) is 57.8 Å². The van der Waals surface area contributed by atoms with Gasteiger partial charge in [-0.25, -0.2) is 0 Å². The molecule has 1 aliphatic heterocycles. The topological polar surface area (TPSA) is 21.3 Å². The second kappa shape index (κ2) is 5.65. The van der Waals surface area contributed by atoms with Crippen LogP contribution in [0.4, 0.5) is 0 Å². The first-order chi connectivity index (χ1) is 8.16. The maximum absolute atomic E-state index is 6.17. The van der Waals surface area contributed by atoms with Crippen molar-refractivity contribution in [2.24, 2.45) is 0 Å². The molecule has 1 heterocycles. The van der Waals surface area contributed by atoms with Gasteiger partial charge in [0, 0.05) is 0 Å². The molecule has 2 rings (SSSR count). The Kier molecular flexibility index (Phi) is 4.19. The highest BCUT2D eigenvalue weighted by Gasteiger charge is 2.18. The molecule has 1 atom stereocenters. The Balaban J connectivity index is 2.02. The van der Waals surface area contributed by atoms with Crippen molar-refractivity contribution in [2.75, 3.05) is 13.1 Å². The summed E-state index contributed by atoms with van der Waals surface area (Å²) in [4.78, 5) is 0. The highest BCUT2D eigenvalue weighted by molar-refractivity contribution is 5.31. The van der Waals surface area contributed by atoms with E-state index in [9.17, 15) is 0 Å². The van der Waals surface area contributed by atoms with Gasteiger partial charge >= 0.3 is 0 Å². The minimum absolute atomic E-state index is 0.206. The summed E-state index contributed by atoms with van der Waals surface area (Å²) in [6, 6.07) is 6.60. The van der Waals surface area contributed by atoms with E-state index in [1.807, 2.05) is 0 Å². The molecule has 94 valence electrons. The van der Waals surface area contributed by atoms with E-state index in [2.05, 4.69) is 44.3 Å². The third-order valence-electron chi connectivity index (χ3n) is 3.56. The molecule has 0 bridgehead atoms. The van der Waals surface area contributed by atoms with Crippen molar-refractivity contribution in [1.82, 2.24) is 5.32 Å². The summed E-state index contributed by atoms with van der Waals surface area (Å²) in [5, 5.41) is 3.37. The van der Waals surface area contributed by atoms with Gasteiger partial charge in [0.05, 0.1) is 12.2 Å². The molecule has 0 aromatic heterocycles. The summed E-state index contributed by atoms with van der Waals surface area (Å²) in [6.07, 6.45) is 2.90. The lowest BCUT2D eigenvalue weighted by Gasteiger charge is -2.27. The van der Waals surface area contributed by atoms with Crippen molar-refractivity contribution in [2.45, 2.75) is 45.8 Å². The zero-order valence-corrected chi connectivity index (χ0v) is 11.1. The van der Waals surface area contributed by atoms with Gasteiger partial charge in [0.1, 0.15) is 0 Å². The van der Waals surface area contributed by atoms with Crippen LogP contribution < -0.4 is 5.32 Å². The molecule has 1 fully saturated rings. The minimum atomic E-state index is 0.206. The molecule has 1 aromatic carbocycles. The van der Waals surface area contributed by atoms with E-state index in [-0.39, 0.29) is 6.10 Å². The normalized spacial score (nSPS) is 19.2. The van der Waals surface area contributed by atoms with Crippen molar-refractivity contribution < 1.29 is 4.74 Å². The van der Waals surface area contributed by atoms with Crippen LogP contribution in [0.3, 0.4) is 0 Å². The molecule has 1 aliphatic rings. The monoisotopic (exact) mass is 233 g/mol. The molecular formula is C15H23NO. The Morgan fingerprint density at radius 2 is 1.94 bits per heavy atom. The fraction of sp³-hybridized carbons (Fsp3) is 0.600. The summed E-state index contributed by atoms with van der Waals surface area (Å²) < 4.78 is 6.17. The summed E-state index contributed by atoms with van der Waals surface area (Å²) in [7, 11) is 0. The summed E-state index contributed by atoms with van der Waals surface area (Å²) >= 11 is 0. The molecule has 2 nitrogen and oxygen atoms in total. The second-order valence-corrected chi connectivity index (χ2v) is 5.09. The van der Waals surface area contributed by atoms with Crippen molar-refractivity contribution in [1.29, 1.82) is 0 Å². The Hall–Kier alpha value is -0.860. The third kappa shape index (κ3) is 3.30. The molecule has 0 saturated carbocycles. The van der Waals surface area contributed by atoms with E-state index < -0.39 is 0 Å². The predicted octanol–water partition coefficient (Wildman–Crippen LogP) is 3.13. The molecule has 0 radical (unpaired) electrons. The highest BCUT2D eigenvalue weighted by Crippen LogP contribution is 2.25. The second-order valence-electron chi connectivity index (χ2n) is 5.09. The van der Waals surface area contributed by atoms with Gasteiger partial charge in [-0.15, -0.1) is 0 Å². The number of hydrogen-bond donors (Lipinski definition) is 1. The fourth-order valence-electron chi connectivity index (χ4n) is 2.49. The smallest absolute Gasteiger partial charge is 0.0803 e. The lowest BCUT2D eigenvalue weighted by Crippen LogP contribution is -2.33. The fourth-order valence-corrected chi connectivity index (χ4v) is 2.49. The number of hydrogen-bond acceptors (Lipinski definition) is 2. The molecule has 1 saturated heterocycles. The molecule has 1 aromatic rings. The van der Waals surface area contributed by atoms with E-state index in [4.69, 9.17) is 4.74 Å². The Labute approximate surface area is 104 Å². The van der Waals surface area contributed by atoms with Crippen LogP contribution in [0.25, 0.3) is 0 Å². The zero-order chi connectivity index (χ0) is 12.3. The van der Waals surface area contributed by atoms with Gasteiger partial charge in [-0.3, -0.25) is 0 Å². The Morgan fingerprint density at radius 3 is 2.65 bits per heavy atom. The van der Waals surface area contributed by atoms with Crippen molar-refractivity contribution in [3.8, 4) is 0 Å². The first-order valence-corrected chi connectivity index (χ1v) is 6.60. The first-order valence-electron chi connectivity index (χ1n) is 6.60. The van der Waals surface area contributed by atoms with Crippen molar-refractivity contribution in [3.05, 3.63) is 34.9 Å². The largest absolute Gasteiger partial charge is 0.370 e. The van der Waals surface area contributed by atoms with E-state index >= 15 is 0 Å². The SMILES string of the molecule is Cc1ccc(C)c(C(C)OC2CCNCC2)c1. The quantitative estimate of drug-likeness (QED) is 0.866. The molecule has 2 heteroatoms. The molecule has 0 aliphatic carbocycles. The first kappa shape index (κ1) is 12.6. The maximum Gasteiger partial charge on any atom is 0.0803 e. The van der Waals surface area contributed by atoms with Gasteiger partial charge in [-0.1, -0.05) is 23.8 Å². The number of nitrogens with one attached hydrogen (secondary N) is 1. The average Bonchev–Trinajstić information content (AvgIpc) is 2.33. The predicted molar refractivity (Wildman–Crippen MR) is 71.3 cm³/mol. The number of benzene rings is 1. The molecule has 1 unspecified atom stereocenters. The van der Waals surface area contributed by atoms with Crippen LogP contribution >= 0.6 is 0 Å². The lowest BCUT2D eigenvalue weighted by molar-refractivity contribution is -0.0189. The van der Waals surface area contributed by atoms with Crippen LogP contribution in [0.5, 0.6) is 0 Å². The van der Waals surface area contributed by atoms with Crippen LogP contribution in [0.15, 0.2) is 18.2 Å². The molecule has 17 heavy (non-hydrogen) atoms. The third-order valence-corrected chi connectivity index (χ3v) is 3.56. The lowest BCUT2D eigenvalue weighted by atomic mass is 10.0. The summed E-state index contributed by atoms with van der Waals surface area (Å²) in [6.45, 7) is 8.65. The van der Waals surface area contributed by atoms with Gasteiger partial charge < -0.3 is 10.1 Å². The molecule has 0 spiro atoms. The van der Waals surface area contributed by atoms with E-state index in [0.717, 1.165) is 25.9 Å². The van der Waals surface area contributed by atoms with Crippen LogP contribution in [-0.4, -0.2) is 19.2 Å². The summed E-state index contributed by atoms with van der Waals surface area (Å²) in [5.41, 5.74) is 3.98. The van der Waals surface area contributed by atoms with Crippen molar-refractivity contribution in [3.63, 3.8) is 0 Å². The molecule has 0 amide bonds. The minimum Gasteiger partial charge on any atom is -0.370 e. The van der Waals surface area contributed by atoms with Crippen LogP contribution in [0.1, 0.15) is 42.6 Å². The van der Waals surface area contributed by atoms with E-state index in [1.165, 1.54) is 16.7 Å². The maximum atomic E-state index is 6.17. The standard InChI is InChI=1S/C15H23NO/c1-11-4-5-12(2)15(10-11)13(3)17-14-6-8-16-9-7-14/h4-5,10,13-14,16H,6-9H2,1-3H3. The van der Waals surface area contributed by atoms with Crippen LogP contribution in [0.2, 0.25) is 0 Å². The van der Waals surface area contributed by atoms with Gasteiger partial charge in [0.15, 0.2) is 0 Å².